The first-order valence-electron chi connectivity index (χ1n) is 9.30. The quantitative estimate of drug-likeness (QED) is 0.278. The largest absolute Gasteiger partial charge is 0.490 e. The van der Waals surface area contributed by atoms with Gasteiger partial charge in [0.1, 0.15) is 36.4 Å². The van der Waals surface area contributed by atoms with Crippen LogP contribution < -0.4 is 9.47 Å². The first kappa shape index (κ1) is 21.0. The normalized spacial score (nSPS) is 10.9. The van der Waals surface area contributed by atoms with Gasteiger partial charge in [0.25, 0.3) is 0 Å². The van der Waals surface area contributed by atoms with Crippen LogP contribution in [0.4, 0.5) is 0 Å². The van der Waals surface area contributed by atoms with Crippen LogP contribution in [0.2, 0.25) is 0 Å². The van der Waals surface area contributed by atoms with Crippen LogP contribution >= 0.6 is 0 Å². The summed E-state index contributed by atoms with van der Waals surface area (Å²) in [6.45, 7) is 6.96. The van der Waals surface area contributed by atoms with Crippen molar-refractivity contribution >= 4 is 12.0 Å². The molecule has 0 saturated carbocycles. The number of rotatable bonds is 9. The molecule has 146 valence electrons. The minimum atomic E-state index is -0.621. The van der Waals surface area contributed by atoms with E-state index in [0.717, 1.165) is 17.7 Å². The van der Waals surface area contributed by atoms with Gasteiger partial charge in [0.05, 0.1) is 6.61 Å². The number of carbonyl (C=O) groups excluding carboxylic acids is 1. The third-order valence-electron chi connectivity index (χ3n) is 3.95. The zero-order valence-corrected chi connectivity index (χ0v) is 16.5. The summed E-state index contributed by atoms with van der Waals surface area (Å²) in [4.78, 5) is 11.6. The summed E-state index contributed by atoms with van der Waals surface area (Å²) in [5, 5.41) is 9.07. The van der Waals surface area contributed by atoms with Crippen molar-refractivity contribution in [3.63, 3.8) is 0 Å². The molecule has 0 saturated heterocycles. The van der Waals surface area contributed by atoms with Crippen LogP contribution in [0.3, 0.4) is 0 Å². The fourth-order valence-corrected chi connectivity index (χ4v) is 2.60. The molecule has 0 N–H and O–H groups in total. The SMILES string of the molecule is CCOC(=O)/C(C#N)=C/c1ccc(OCCOc2cc(C)cc(CC)c2)cc1. The molecular formula is C23H25NO4. The molecule has 0 fully saturated rings. The predicted octanol–water partition coefficient (Wildman–Crippen LogP) is 4.49. The number of esters is 1. The zero-order chi connectivity index (χ0) is 20.4. The molecule has 5 nitrogen and oxygen atoms in total. The van der Waals surface area contributed by atoms with Gasteiger partial charge in [-0.15, -0.1) is 0 Å². The molecule has 0 unspecified atom stereocenters. The zero-order valence-electron chi connectivity index (χ0n) is 16.5. The highest BCUT2D eigenvalue weighted by molar-refractivity contribution is 5.97. The number of nitrogens with zero attached hydrogens (tertiary/aromatic N) is 1. The molecule has 5 heteroatoms. The molecule has 0 bridgehead atoms. The van der Waals surface area contributed by atoms with Crippen molar-refractivity contribution in [3.05, 3.63) is 64.7 Å². The Morgan fingerprint density at radius 3 is 2.32 bits per heavy atom. The summed E-state index contributed by atoms with van der Waals surface area (Å²) >= 11 is 0. The monoisotopic (exact) mass is 379 g/mol. The topological polar surface area (TPSA) is 68.6 Å². The molecule has 0 spiro atoms. The summed E-state index contributed by atoms with van der Waals surface area (Å²) in [6, 6.07) is 15.2. The van der Waals surface area contributed by atoms with E-state index in [0.29, 0.717) is 19.0 Å². The molecule has 0 aliphatic rings. The standard InChI is InChI=1S/C23H25NO4/c1-4-18-12-17(3)13-22(15-18)28-11-10-27-21-8-6-19(7-9-21)14-20(16-24)23(25)26-5-2/h6-9,12-15H,4-5,10-11H2,1-3H3/b20-14+. The van der Waals surface area contributed by atoms with Crippen molar-refractivity contribution in [1.82, 2.24) is 0 Å². The van der Waals surface area contributed by atoms with Gasteiger partial charge in [-0.05, 0) is 67.3 Å². The van der Waals surface area contributed by atoms with Gasteiger partial charge in [-0.25, -0.2) is 4.79 Å². The van der Waals surface area contributed by atoms with Crippen molar-refractivity contribution in [2.75, 3.05) is 19.8 Å². The van der Waals surface area contributed by atoms with Crippen LogP contribution in [-0.2, 0) is 16.0 Å². The van der Waals surface area contributed by atoms with Gasteiger partial charge in [-0.1, -0.05) is 25.1 Å². The maximum absolute atomic E-state index is 11.6. The van der Waals surface area contributed by atoms with Crippen molar-refractivity contribution in [2.24, 2.45) is 0 Å². The van der Waals surface area contributed by atoms with Crippen LogP contribution in [0.25, 0.3) is 6.08 Å². The second kappa shape index (κ2) is 10.8. The Balaban J connectivity index is 1.87. The van der Waals surface area contributed by atoms with Gasteiger partial charge < -0.3 is 14.2 Å². The Bertz CT molecular complexity index is 863. The first-order valence-corrected chi connectivity index (χ1v) is 9.30. The van der Waals surface area contributed by atoms with E-state index in [1.165, 1.54) is 17.2 Å². The molecule has 0 aliphatic carbocycles. The molecule has 0 amide bonds. The van der Waals surface area contributed by atoms with Crippen LogP contribution in [0.15, 0.2) is 48.0 Å². The van der Waals surface area contributed by atoms with E-state index in [1.54, 1.807) is 31.2 Å². The lowest BCUT2D eigenvalue weighted by atomic mass is 10.1. The Kier molecular flexibility index (Phi) is 8.11. The highest BCUT2D eigenvalue weighted by atomic mass is 16.5. The van der Waals surface area contributed by atoms with Crippen LogP contribution in [0.1, 0.15) is 30.5 Å². The highest BCUT2D eigenvalue weighted by Crippen LogP contribution is 2.18. The molecule has 0 heterocycles. The number of carbonyl (C=O) groups is 1. The van der Waals surface area contributed by atoms with Gasteiger partial charge in [-0.2, -0.15) is 5.26 Å². The Hall–Kier alpha value is -3.26. The van der Waals surface area contributed by atoms with E-state index in [2.05, 4.69) is 19.9 Å². The van der Waals surface area contributed by atoms with Gasteiger partial charge in [0, 0.05) is 0 Å². The van der Waals surface area contributed by atoms with Crippen molar-refractivity contribution < 1.29 is 19.0 Å². The molecule has 0 aliphatic heterocycles. The molecule has 2 rings (SSSR count). The van der Waals surface area contributed by atoms with E-state index in [9.17, 15) is 4.79 Å². The second-order valence-electron chi connectivity index (χ2n) is 6.16. The number of hydrogen-bond acceptors (Lipinski definition) is 5. The summed E-state index contributed by atoms with van der Waals surface area (Å²) in [7, 11) is 0. The van der Waals surface area contributed by atoms with Crippen LogP contribution in [0, 0.1) is 18.3 Å². The lowest BCUT2D eigenvalue weighted by Gasteiger charge is -2.10. The van der Waals surface area contributed by atoms with Crippen molar-refractivity contribution in [2.45, 2.75) is 27.2 Å². The molecular weight excluding hydrogens is 354 g/mol. The fourth-order valence-electron chi connectivity index (χ4n) is 2.60. The first-order chi connectivity index (χ1) is 13.5. The van der Waals surface area contributed by atoms with Gasteiger partial charge in [-0.3, -0.25) is 0 Å². The lowest BCUT2D eigenvalue weighted by molar-refractivity contribution is -0.137. The maximum atomic E-state index is 11.6. The van der Waals surface area contributed by atoms with E-state index in [4.69, 9.17) is 19.5 Å². The lowest BCUT2D eigenvalue weighted by Crippen LogP contribution is -2.09. The molecule has 0 atom stereocenters. The van der Waals surface area contributed by atoms with E-state index in [1.807, 2.05) is 18.2 Å². The molecule has 2 aromatic rings. The highest BCUT2D eigenvalue weighted by Gasteiger charge is 2.09. The minimum Gasteiger partial charge on any atom is -0.490 e. The molecule has 2 aromatic carbocycles. The van der Waals surface area contributed by atoms with E-state index in [-0.39, 0.29) is 12.2 Å². The van der Waals surface area contributed by atoms with Gasteiger partial charge in [0.2, 0.25) is 0 Å². The Morgan fingerprint density at radius 2 is 1.71 bits per heavy atom. The van der Waals surface area contributed by atoms with Crippen molar-refractivity contribution in [1.29, 1.82) is 5.26 Å². The molecule has 28 heavy (non-hydrogen) atoms. The summed E-state index contributed by atoms with van der Waals surface area (Å²) in [5.41, 5.74) is 3.12. The summed E-state index contributed by atoms with van der Waals surface area (Å²) in [6.07, 6.45) is 2.47. The minimum absolute atomic E-state index is 0.0338. The number of nitriles is 1. The predicted molar refractivity (Wildman–Crippen MR) is 108 cm³/mol. The fraction of sp³-hybridized carbons (Fsp3) is 0.304. The Labute approximate surface area is 166 Å². The van der Waals surface area contributed by atoms with E-state index < -0.39 is 5.97 Å². The number of aryl methyl sites for hydroxylation is 2. The molecule has 0 aromatic heterocycles. The maximum Gasteiger partial charge on any atom is 0.348 e. The Morgan fingerprint density at radius 1 is 1.04 bits per heavy atom. The second-order valence-corrected chi connectivity index (χ2v) is 6.16. The summed E-state index contributed by atoms with van der Waals surface area (Å²) < 4.78 is 16.3. The van der Waals surface area contributed by atoms with Crippen LogP contribution in [0.5, 0.6) is 11.5 Å². The van der Waals surface area contributed by atoms with Crippen molar-refractivity contribution in [3.8, 4) is 17.6 Å². The van der Waals surface area contributed by atoms with Crippen LogP contribution in [-0.4, -0.2) is 25.8 Å². The third-order valence-corrected chi connectivity index (χ3v) is 3.95. The average Bonchev–Trinajstić information content (AvgIpc) is 2.70. The smallest absolute Gasteiger partial charge is 0.348 e. The van der Waals surface area contributed by atoms with Gasteiger partial charge >= 0.3 is 5.97 Å². The summed E-state index contributed by atoms with van der Waals surface area (Å²) in [5.74, 6) is 0.919. The number of benzene rings is 2. The number of ether oxygens (including phenoxy) is 3. The third kappa shape index (κ3) is 6.48. The van der Waals surface area contributed by atoms with E-state index >= 15 is 0 Å². The number of hydrogen-bond donors (Lipinski definition) is 0. The average molecular weight is 379 g/mol. The molecule has 0 radical (unpaired) electrons. The van der Waals surface area contributed by atoms with Gasteiger partial charge in [0.15, 0.2) is 0 Å².